The van der Waals surface area contributed by atoms with Crippen molar-refractivity contribution < 1.29 is 4.42 Å². The van der Waals surface area contributed by atoms with Gasteiger partial charge < -0.3 is 9.73 Å². The first-order valence-corrected chi connectivity index (χ1v) is 7.08. The Labute approximate surface area is 113 Å². The Bertz CT molecular complexity index is 467. The summed E-state index contributed by atoms with van der Waals surface area (Å²) in [5.74, 6) is 0.989. The lowest BCUT2D eigenvalue weighted by molar-refractivity contribution is 0.484. The zero-order valence-corrected chi connectivity index (χ0v) is 11.7. The van der Waals surface area contributed by atoms with Crippen molar-refractivity contribution in [3.8, 4) is 0 Å². The second-order valence-corrected chi connectivity index (χ2v) is 5.97. The molecule has 1 aromatic carbocycles. The number of rotatable bonds is 6. The molecule has 18 heavy (non-hydrogen) atoms. The Morgan fingerprint density at radius 2 is 2.17 bits per heavy atom. The van der Waals surface area contributed by atoms with Crippen molar-refractivity contribution in [2.75, 3.05) is 6.54 Å². The van der Waals surface area contributed by atoms with Crippen LogP contribution in [0.25, 0.3) is 0 Å². The average molecular weight is 261 g/mol. The van der Waals surface area contributed by atoms with E-state index in [4.69, 9.17) is 4.42 Å². The van der Waals surface area contributed by atoms with Gasteiger partial charge in [-0.05, 0) is 31.2 Å². The largest absolute Gasteiger partial charge is 0.468 e. The number of hydrogen-bond donors (Lipinski definition) is 1. The summed E-state index contributed by atoms with van der Waals surface area (Å²) in [6.07, 6.45) is 1.71. The van der Waals surface area contributed by atoms with E-state index < -0.39 is 0 Å². The first-order valence-electron chi connectivity index (χ1n) is 6.20. The molecule has 0 saturated carbocycles. The van der Waals surface area contributed by atoms with Gasteiger partial charge in [-0.25, -0.2) is 0 Å². The second-order valence-electron chi connectivity index (χ2n) is 4.46. The normalized spacial score (nSPS) is 12.6. The van der Waals surface area contributed by atoms with Crippen LogP contribution < -0.4 is 5.32 Å². The maximum Gasteiger partial charge on any atom is 0.117 e. The molecular weight excluding hydrogens is 242 g/mol. The van der Waals surface area contributed by atoms with Crippen LogP contribution in [0, 0.1) is 6.92 Å². The van der Waals surface area contributed by atoms with Gasteiger partial charge in [0.2, 0.25) is 0 Å². The molecule has 0 radical (unpaired) electrons. The van der Waals surface area contributed by atoms with Crippen molar-refractivity contribution in [1.82, 2.24) is 5.32 Å². The first kappa shape index (κ1) is 13.2. The molecule has 3 heteroatoms. The molecule has 0 saturated heterocycles. The van der Waals surface area contributed by atoms with Crippen LogP contribution >= 0.6 is 11.8 Å². The average Bonchev–Trinajstić information content (AvgIpc) is 2.82. The van der Waals surface area contributed by atoms with Crippen LogP contribution in [0.15, 0.2) is 52.0 Å². The topological polar surface area (TPSA) is 25.2 Å². The summed E-state index contributed by atoms with van der Waals surface area (Å²) < 4.78 is 5.28. The molecule has 0 spiro atoms. The fraction of sp³-hybridized carbons (Fsp3) is 0.333. The van der Waals surface area contributed by atoms with Crippen molar-refractivity contribution in [1.29, 1.82) is 0 Å². The molecule has 0 fully saturated rings. The van der Waals surface area contributed by atoms with Crippen LogP contribution in [0.4, 0.5) is 0 Å². The predicted octanol–water partition coefficient (Wildman–Crippen LogP) is 3.86. The Kier molecular flexibility index (Phi) is 4.90. The van der Waals surface area contributed by atoms with Crippen LogP contribution in [-0.2, 0) is 6.54 Å². The lowest BCUT2D eigenvalue weighted by Crippen LogP contribution is -2.21. The molecule has 1 atom stereocenters. The smallest absolute Gasteiger partial charge is 0.117 e. The minimum absolute atomic E-state index is 0.543. The lowest BCUT2D eigenvalue weighted by Gasteiger charge is -2.12. The van der Waals surface area contributed by atoms with Crippen molar-refractivity contribution in [3.63, 3.8) is 0 Å². The monoisotopic (exact) mass is 261 g/mol. The zero-order valence-electron chi connectivity index (χ0n) is 10.8. The minimum atomic E-state index is 0.543. The zero-order chi connectivity index (χ0) is 12.8. The molecule has 0 aliphatic heterocycles. The van der Waals surface area contributed by atoms with Gasteiger partial charge in [0.1, 0.15) is 5.76 Å². The maximum atomic E-state index is 5.28. The third kappa shape index (κ3) is 4.24. The predicted molar refractivity (Wildman–Crippen MR) is 76.9 cm³/mol. The van der Waals surface area contributed by atoms with Gasteiger partial charge >= 0.3 is 0 Å². The third-order valence-corrected chi connectivity index (χ3v) is 3.73. The molecule has 96 valence electrons. The van der Waals surface area contributed by atoms with Gasteiger partial charge in [-0.15, -0.1) is 11.8 Å². The number of thioether (sulfide) groups is 1. The van der Waals surface area contributed by atoms with Gasteiger partial charge in [0.05, 0.1) is 12.8 Å². The molecule has 2 rings (SSSR count). The maximum absolute atomic E-state index is 5.28. The van der Waals surface area contributed by atoms with E-state index in [2.05, 4.69) is 43.4 Å². The number of furan rings is 1. The Morgan fingerprint density at radius 3 is 2.89 bits per heavy atom. The summed E-state index contributed by atoms with van der Waals surface area (Å²) in [7, 11) is 0. The highest BCUT2D eigenvalue weighted by molar-refractivity contribution is 8.00. The molecule has 2 aromatic rings. The number of benzene rings is 1. The van der Waals surface area contributed by atoms with Gasteiger partial charge in [0.25, 0.3) is 0 Å². The van der Waals surface area contributed by atoms with Crippen LogP contribution in [0.1, 0.15) is 18.2 Å². The highest BCUT2D eigenvalue weighted by atomic mass is 32.2. The van der Waals surface area contributed by atoms with E-state index in [0.29, 0.717) is 5.25 Å². The van der Waals surface area contributed by atoms with Gasteiger partial charge in [0, 0.05) is 16.7 Å². The van der Waals surface area contributed by atoms with E-state index in [9.17, 15) is 0 Å². The molecule has 0 amide bonds. The van der Waals surface area contributed by atoms with Crippen molar-refractivity contribution in [3.05, 3.63) is 54.0 Å². The molecule has 0 aliphatic rings. The van der Waals surface area contributed by atoms with Crippen molar-refractivity contribution in [2.24, 2.45) is 0 Å². The summed E-state index contributed by atoms with van der Waals surface area (Å²) in [5, 5.41) is 3.95. The molecule has 0 bridgehead atoms. The fourth-order valence-electron chi connectivity index (χ4n) is 1.77. The van der Waals surface area contributed by atoms with E-state index in [1.165, 1.54) is 10.5 Å². The Balaban J connectivity index is 1.73. The van der Waals surface area contributed by atoms with Crippen LogP contribution in [-0.4, -0.2) is 11.8 Å². The summed E-state index contributed by atoms with van der Waals surface area (Å²) in [4.78, 5) is 1.34. The molecule has 1 unspecified atom stereocenters. The van der Waals surface area contributed by atoms with Crippen LogP contribution in [0.3, 0.4) is 0 Å². The number of hydrogen-bond acceptors (Lipinski definition) is 3. The molecule has 1 aromatic heterocycles. The van der Waals surface area contributed by atoms with Crippen LogP contribution in [0.2, 0.25) is 0 Å². The Morgan fingerprint density at radius 1 is 1.28 bits per heavy atom. The van der Waals surface area contributed by atoms with E-state index in [-0.39, 0.29) is 0 Å². The highest BCUT2D eigenvalue weighted by Gasteiger charge is 2.04. The number of aryl methyl sites for hydroxylation is 1. The van der Waals surface area contributed by atoms with Crippen molar-refractivity contribution >= 4 is 11.8 Å². The lowest BCUT2D eigenvalue weighted by atomic mass is 10.2. The SMILES string of the molecule is Cc1cccc(SC(C)CNCc2ccco2)c1. The van der Waals surface area contributed by atoms with E-state index in [0.717, 1.165) is 18.8 Å². The van der Waals surface area contributed by atoms with Crippen LogP contribution in [0.5, 0.6) is 0 Å². The van der Waals surface area contributed by atoms with Gasteiger partial charge in [-0.3, -0.25) is 0 Å². The molecule has 0 aliphatic carbocycles. The van der Waals surface area contributed by atoms with Gasteiger partial charge in [0.15, 0.2) is 0 Å². The van der Waals surface area contributed by atoms with Gasteiger partial charge in [-0.2, -0.15) is 0 Å². The standard InChI is InChI=1S/C15H19NOS/c1-12-5-3-7-15(9-12)18-13(2)10-16-11-14-6-4-8-17-14/h3-9,13,16H,10-11H2,1-2H3. The van der Waals surface area contributed by atoms with E-state index in [1.807, 2.05) is 23.9 Å². The third-order valence-electron chi connectivity index (χ3n) is 2.64. The first-order chi connectivity index (χ1) is 8.74. The van der Waals surface area contributed by atoms with E-state index >= 15 is 0 Å². The summed E-state index contributed by atoms with van der Waals surface area (Å²) in [6, 6.07) is 12.5. The second kappa shape index (κ2) is 6.66. The molecule has 1 N–H and O–H groups in total. The fourth-order valence-corrected chi connectivity index (χ4v) is 2.85. The molecular formula is C15H19NOS. The Hall–Kier alpha value is -1.19. The molecule has 2 nitrogen and oxygen atoms in total. The molecule has 1 heterocycles. The number of nitrogens with one attached hydrogen (secondary N) is 1. The van der Waals surface area contributed by atoms with Gasteiger partial charge in [-0.1, -0.05) is 24.6 Å². The van der Waals surface area contributed by atoms with E-state index in [1.54, 1.807) is 6.26 Å². The highest BCUT2D eigenvalue weighted by Crippen LogP contribution is 2.23. The minimum Gasteiger partial charge on any atom is -0.468 e. The summed E-state index contributed by atoms with van der Waals surface area (Å²) in [5.41, 5.74) is 1.32. The summed E-state index contributed by atoms with van der Waals surface area (Å²) in [6.45, 7) is 6.14. The quantitative estimate of drug-likeness (QED) is 0.799. The summed E-state index contributed by atoms with van der Waals surface area (Å²) >= 11 is 1.90. The van der Waals surface area contributed by atoms with Crippen molar-refractivity contribution in [2.45, 2.75) is 30.5 Å².